The highest BCUT2D eigenvalue weighted by Crippen LogP contribution is 2.26. The average molecular weight is 275 g/mol. The minimum atomic E-state index is -0.174. The zero-order valence-corrected chi connectivity index (χ0v) is 12.4. The Bertz CT molecular complexity index is 563. The van der Waals surface area contributed by atoms with Gasteiger partial charge in [0.15, 0.2) is 0 Å². The Hall–Kier alpha value is -1.68. The van der Waals surface area contributed by atoms with Gasteiger partial charge in [-0.3, -0.25) is 4.68 Å². The fourth-order valence-corrected chi connectivity index (χ4v) is 2.45. The molecule has 0 spiro atoms. The maximum absolute atomic E-state index is 14.1. The van der Waals surface area contributed by atoms with Gasteiger partial charge in [0, 0.05) is 24.4 Å². The molecule has 1 aromatic carbocycles. The molecule has 3 nitrogen and oxygen atoms in total. The summed E-state index contributed by atoms with van der Waals surface area (Å²) in [7, 11) is 1.90. The summed E-state index contributed by atoms with van der Waals surface area (Å²) >= 11 is 0. The van der Waals surface area contributed by atoms with Gasteiger partial charge in [0.05, 0.1) is 11.7 Å². The lowest BCUT2D eigenvalue weighted by Gasteiger charge is -2.19. The second-order valence-electron chi connectivity index (χ2n) is 4.97. The third-order valence-electron chi connectivity index (χ3n) is 3.40. The first-order valence-electron chi connectivity index (χ1n) is 7.17. The number of rotatable bonds is 6. The van der Waals surface area contributed by atoms with Crippen LogP contribution in [0.4, 0.5) is 4.39 Å². The highest BCUT2D eigenvalue weighted by molar-refractivity contribution is 5.34. The van der Waals surface area contributed by atoms with E-state index in [9.17, 15) is 4.39 Å². The molecule has 108 valence electrons. The first-order chi connectivity index (χ1) is 9.67. The van der Waals surface area contributed by atoms with Crippen molar-refractivity contribution in [2.75, 3.05) is 6.54 Å². The second-order valence-corrected chi connectivity index (χ2v) is 4.97. The van der Waals surface area contributed by atoms with Gasteiger partial charge in [-0.25, -0.2) is 4.39 Å². The molecule has 1 N–H and O–H groups in total. The third-order valence-corrected chi connectivity index (χ3v) is 3.40. The van der Waals surface area contributed by atoms with Crippen LogP contribution in [0.2, 0.25) is 0 Å². The van der Waals surface area contributed by atoms with E-state index in [0.29, 0.717) is 5.56 Å². The van der Waals surface area contributed by atoms with E-state index in [1.54, 1.807) is 10.7 Å². The monoisotopic (exact) mass is 275 g/mol. The van der Waals surface area contributed by atoms with Crippen LogP contribution in [-0.4, -0.2) is 16.3 Å². The zero-order chi connectivity index (χ0) is 14.5. The Morgan fingerprint density at radius 1 is 1.25 bits per heavy atom. The lowest BCUT2D eigenvalue weighted by atomic mass is 9.97. The largest absolute Gasteiger partial charge is 0.306 e. The summed E-state index contributed by atoms with van der Waals surface area (Å²) in [5.41, 5.74) is 2.77. The molecule has 0 aliphatic carbocycles. The number of hydrogen-bond donors (Lipinski definition) is 1. The van der Waals surface area contributed by atoms with E-state index < -0.39 is 0 Å². The SMILES string of the molecule is CCCNC(c1ccccc1F)c1cn(C)nc1CC. The maximum atomic E-state index is 14.1. The van der Waals surface area contributed by atoms with Gasteiger partial charge in [0.1, 0.15) is 5.82 Å². The van der Waals surface area contributed by atoms with Gasteiger partial charge in [-0.05, 0) is 25.5 Å². The summed E-state index contributed by atoms with van der Waals surface area (Å²) in [4.78, 5) is 0. The van der Waals surface area contributed by atoms with E-state index in [4.69, 9.17) is 0 Å². The van der Waals surface area contributed by atoms with Crippen LogP contribution < -0.4 is 5.32 Å². The maximum Gasteiger partial charge on any atom is 0.128 e. The van der Waals surface area contributed by atoms with E-state index in [0.717, 1.165) is 30.6 Å². The molecular weight excluding hydrogens is 253 g/mol. The van der Waals surface area contributed by atoms with Gasteiger partial charge in [-0.15, -0.1) is 0 Å². The number of aryl methyl sites for hydroxylation is 2. The Morgan fingerprint density at radius 2 is 2.00 bits per heavy atom. The quantitative estimate of drug-likeness (QED) is 0.877. The Labute approximate surface area is 119 Å². The normalized spacial score (nSPS) is 12.6. The number of nitrogens with one attached hydrogen (secondary N) is 1. The standard InChI is InChI=1S/C16H22FN3/c1-4-10-18-16(12-8-6-7-9-14(12)17)13-11-20(3)19-15(13)5-2/h6-9,11,16,18H,4-5,10H2,1-3H3. The fourth-order valence-electron chi connectivity index (χ4n) is 2.45. The molecule has 0 aliphatic rings. The van der Waals surface area contributed by atoms with Crippen molar-refractivity contribution >= 4 is 0 Å². The molecule has 0 saturated heterocycles. The van der Waals surface area contributed by atoms with Crippen LogP contribution in [0.5, 0.6) is 0 Å². The van der Waals surface area contributed by atoms with Crippen LogP contribution in [0, 0.1) is 5.82 Å². The van der Waals surface area contributed by atoms with Crippen molar-refractivity contribution in [3.05, 3.63) is 53.1 Å². The van der Waals surface area contributed by atoms with E-state index >= 15 is 0 Å². The Balaban J connectivity index is 2.44. The number of nitrogens with zero attached hydrogens (tertiary/aromatic N) is 2. The highest BCUT2D eigenvalue weighted by atomic mass is 19.1. The van der Waals surface area contributed by atoms with Crippen LogP contribution in [0.15, 0.2) is 30.5 Å². The Kier molecular flexibility index (Phi) is 4.90. The van der Waals surface area contributed by atoms with E-state index in [1.807, 2.05) is 25.4 Å². The first-order valence-corrected chi connectivity index (χ1v) is 7.17. The Morgan fingerprint density at radius 3 is 2.65 bits per heavy atom. The molecular formula is C16H22FN3. The van der Waals surface area contributed by atoms with Gasteiger partial charge in [0.2, 0.25) is 0 Å². The fraction of sp³-hybridized carbons (Fsp3) is 0.438. The van der Waals surface area contributed by atoms with Crippen molar-refractivity contribution in [2.24, 2.45) is 7.05 Å². The summed E-state index contributed by atoms with van der Waals surface area (Å²) in [5.74, 6) is -0.174. The highest BCUT2D eigenvalue weighted by Gasteiger charge is 2.21. The topological polar surface area (TPSA) is 29.9 Å². The third kappa shape index (κ3) is 3.07. The van der Waals surface area contributed by atoms with E-state index in [-0.39, 0.29) is 11.9 Å². The molecule has 4 heteroatoms. The van der Waals surface area contributed by atoms with Crippen molar-refractivity contribution in [1.82, 2.24) is 15.1 Å². The first kappa shape index (κ1) is 14.7. The second kappa shape index (κ2) is 6.66. The summed E-state index contributed by atoms with van der Waals surface area (Å²) in [6, 6.07) is 6.81. The van der Waals surface area contributed by atoms with E-state index in [2.05, 4.69) is 24.3 Å². The molecule has 2 aromatic rings. The molecule has 0 amide bonds. The number of halogens is 1. The van der Waals surface area contributed by atoms with Crippen LogP contribution in [0.3, 0.4) is 0 Å². The van der Waals surface area contributed by atoms with Gasteiger partial charge in [-0.2, -0.15) is 5.10 Å². The molecule has 1 aromatic heterocycles. The molecule has 0 bridgehead atoms. The van der Waals surface area contributed by atoms with Gasteiger partial charge in [-0.1, -0.05) is 32.0 Å². The molecule has 0 saturated carbocycles. The number of aromatic nitrogens is 2. The summed E-state index contributed by atoms with van der Waals surface area (Å²) in [6.07, 6.45) is 3.83. The van der Waals surface area contributed by atoms with Gasteiger partial charge < -0.3 is 5.32 Å². The average Bonchev–Trinajstić information content (AvgIpc) is 2.82. The predicted molar refractivity (Wildman–Crippen MR) is 79.1 cm³/mol. The van der Waals surface area contributed by atoms with Crippen LogP contribution in [0.25, 0.3) is 0 Å². The summed E-state index contributed by atoms with van der Waals surface area (Å²) in [6.45, 7) is 5.02. The van der Waals surface area contributed by atoms with Gasteiger partial charge >= 0.3 is 0 Å². The lowest BCUT2D eigenvalue weighted by Crippen LogP contribution is -2.24. The minimum absolute atomic E-state index is 0.139. The molecule has 1 atom stereocenters. The molecule has 1 unspecified atom stereocenters. The summed E-state index contributed by atoms with van der Waals surface area (Å²) in [5, 5.41) is 7.91. The van der Waals surface area contributed by atoms with Crippen molar-refractivity contribution in [3.8, 4) is 0 Å². The molecule has 0 aliphatic heterocycles. The number of benzene rings is 1. The van der Waals surface area contributed by atoms with Crippen LogP contribution in [-0.2, 0) is 13.5 Å². The molecule has 0 radical (unpaired) electrons. The molecule has 0 fully saturated rings. The van der Waals surface area contributed by atoms with Crippen molar-refractivity contribution in [2.45, 2.75) is 32.7 Å². The summed E-state index contributed by atoms with van der Waals surface area (Å²) < 4.78 is 15.9. The van der Waals surface area contributed by atoms with Crippen molar-refractivity contribution in [3.63, 3.8) is 0 Å². The molecule has 20 heavy (non-hydrogen) atoms. The van der Waals surface area contributed by atoms with E-state index in [1.165, 1.54) is 6.07 Å². The predicted octanol–water partition coefficient (Wildman–Crippen LogP) is 3.21. The van der Waals surface area contributed by atoms with Gasteiger partial charge in [0.25, 0.3) is 0 Å². The van der Waals surface area contributed by atoms with Crippen LogP contribution in [0.1, 0.15) is 43.1 Å². The lowest BCUT2D eigenvalue weighted by molar-refractivity contribution is 0.544. The minimum Gasteiger partial charge on any atom is -0.306 e. The smallest absolute Gasteiger partial charge is 0.128 e. The number of hydrogen-bond acceptors (Lipinski definition) is 2. The van der Waals surface area contributed by atoms with Crippen LogP contribution >= 0.6 is 0 Å². The van der Waals surface area contributed by atoms with Crippen molar-refractivity contribution < 1.29 is 4.39 Å². The zero-order valence-electron chi connectivity index (χ0n) is 12.4. The molecule has 1 heterocycles. The molecule has 2 rings (SSSR count). The van der Waals surface area contributed by atoms with Crippen molar-refractivity contribution in [1.29, 1.82) is 0 Å².